The number of sulfone groups is 1. The van der Waals surface area contributed by atoms with E-state index in [1.54, 1.807) is 12.1 Å². The van der Waals surface area contributed by atoms with E-state index >= 15 is 0 Å². The van der Waals surface area contributed by atoms with E-state index in [0.29, 0.717) is 10.9 Å². The van der Waals surface area contributed by atoms with Crippen LogP contribution in [0.3, 0.4) is 0 Å². The number of carbonyl (C=O) groups excluding carboxylic acids is 1. The molecule has 0 unspecified atom stereocenters. The molecule has 0 saturated heterocycles. The van der Waals surface area contributed by atoms with Gasteiger partial charge in [-0.25, -0.2) is 13.1 Å². The number of aliphatic hydroxyl groups excluding tert-OH is 1. The number of aromatic nitrogens is 3. The van der Waals surface area contributed by atoms with Crippen molar-refractivity contribution in [3.63, 3.8) is 0 Å². The van der Waals surface area contributed by atoms with Gasteiger partial charge in [0.2, 0.25) is 0 Å². The Morgan fingerprint density at radius 2 is 1.77 bits per heavy atom. The number of fused-ring (bicyclic) bond motifs is 1. The number of carbonyl (C=O) groups is 1. The lowest BCUT2D eigenvalue weighted by molar-refractivity contribution is -0.124. The second-order valence-corrected chi connectivity index (χ2v) is 10.00. The second-order valence-electron chi connectivity index (χ2n) is 7.55. The summed E-state index contributed by atoms with van der Waals surface area (Å²) >= 11 is 0. The van der Waals surface area contributed by atoms with Crippen LogP contribution >= 0.6 is 0 Å². The Bertz CT molecular complexity index is 1270. The molecule has 0 amide bonds. The molecule has 1 N–H and O–H groups in total. The summed E-state index contributed by atoms with van der Waals surface area (Å²) in [5.74, 6) is -0.825. The van der Waals surface area contributed by atoms with E-state index in [1.165, 1.54) is 6.92 Å². The van der Waals surface area contributed by atoms with Crippen LogP contribution in [0.1, 0.15) is 18.9 Å². The molecule has 158 valence electrons. The highest BCUT2D eigenvalue weighted by Gasteiger charge is 2.42. The highest BCUT2D eigenvalue weighted by Crippen LogP contribution is 2.24. The monoisotopic (exact) mass is 429 g/mol. The minimum atomic E-state index is -3.81. The zero-order valence-corrected chi connectivity index (χ0v) is 17.8. The molecule has 0 fully saturated rings. The fourth-order valence-electron chi connectivity index (χ4n) is 3.17. The maximum absolute atomic E-state index is 12.8. The number of Topliss-reactive ketones (excluding diaryl/α,β-unsaturated/α-hetero) is 1. The first-order chi connectivity index (χ1) is 14.1. The summed E-state index contributed by atoms with van der Waals surface area (Å²) in [6.45, 7) is 2.22. The molecule has 0 radical (unpaired) electrons. The lowest BCUT2D eigenvalue weighted by Gasteiger charge is -2.25. The van der Waals surface area contributed by atoms with Crippen molar-refractivity contribution in [1.82, 2.24) is 15.0 Å². The molecule has 0 aliphatic heterocycles. The quantitative estimate of drug-likeness (QED) is 0.605. The second kappa shape index (κ2) is 8.08. The van der Waals surface area contributed by atoms with Crippen LogP contribution in [-0.2, 0) is 21.2 Å². The number of ketones is 1. The standard InChI is InChI=1S/C21H23N3O5S/c1-14-4-6-15(7-5-14)16-8-9-17-18(12-16)22-23-24(20(17)27)11-10-21(2,19(26)13-25)30(3,28)29/h4-9,12,25H,10-11,13H2,1-3H3/t21-/m1/s1. The van der Waals surface area contributed by atoms with E-state index in [-0.39, 0.29) is 13.0 Å². The van der Waals surface area contributed by atoms with Crippen LogP contribution in [0.5, 0.6) is 0 Å². The Kier molecular flexibility index (Phi) is 5.87. The summed E-state index contributed by atoms with van der Waals surface area (Å²) in [7, 11) is -3.81. The number of nitrogens with zero attached hydrogens (tertiary/aromatic N) is 3. The Labute approximate surface area is 174 Å². The third-order valence-electron chi connectivity index (χ3n) is 5.46. The average Bonchev–Trinajstić information content (AvgIpc) is 2.72. The molecule has 1 aromatic heterocycles. The molecular weight excluding hydrogens is 406 g/mol. The lowest BCUT2D eigenvalue weighted by atomic mass is 10.0. The predicted molar refractivity (Wildman–Crippen MR) is 114 cm³/mol. The molecule has 2 aromatic carbocycles. The van der Waals surface area contributed by atoms with Crippen LogP contribution in [0.25, 0.3) is 22.0 Å². The van der Waals surface area contributed by atoms with Gasteiger partial charge in [-0.05, 0) is 43.5 Å². The van der Waals surface area contributed by atoms with Gasteiger partial charge in [-0.3, -0.25) is 9.59 Å². The van der Waals surface area contributed by atoms with E-state index in [0.717, 1.165) is 27.6 Å². The van der Waals surface area contributed by atoms with Crippen molar-refractivity contribution in [3.8, 4) is 11.1 Å². The maximum atomic E-state index is 12.8. The summed E-state index contributed by atoms with van der Waals surface area (Å²) in [6.07, 6.45) is 0.731. The van der Waals surface area contributed by atoms with Crippen LogP contribution in [-0.4, -0.2) is 51.9 Å². The van der Waals surface area contributed by atoms with Crippen molar-refractivity contribution in [2.24, 2.45) is 0 Å². The molecule has 3 rings (SSSR count). The third kappa shape index (κ3) is 4.03. The molecular formula is C21H23N3O5S. The topological polar surface area (TPSA) is 119 Å². The van der Waals surface area contributed by atoms with E-state index in [9.17, 15) is 18.0 Å². The first-order valence-corrected chi connectivity index (χ1v) is 11.2. The van der Waals surface area contributed by atoms with E-state index < -0.39 is 32.5 Å². The number of rotatable bonds is 7. The largest absolute Gasteiger partial charge is 0.389 e. The first kappa shape index (κ1) is 21.8. The van der Waals surface area contributed by atoms with E-state index in [4.69, 9.17) is 5.11 Å². The van der Waals surface area contributed by atoms with Crippen LogP contribution in [0.15, 0.2) is 47.3 Å². The summed E-state index contributed by atoms with van der Waals surface area (Å²) in [5.41, 5.74) is 3.02. The number of hydrogen-bond acceptors (Lipinski definition) is 7. The molecule has 0 aliphatic rings. The van der Waals surface area contributed by atoms with E-state index in [2.05, 4.69) is 10.3 Å². The van der Waals surface area contributed by atoms with Gasteiger partial charge in [-0.15, -0.1) is 5.10 Å². The van der Waals surface area contributed by atoms with Crippen molar-refractivity contribution in [3.05, 3.63) is 58.4 Å². The predicted octanol–water partition coefficient (Wildman–Crippen LogP) is 1.52. The zero-order valence-electron chi connectivity index (χ0n) is 17.0. The van der Waals surface area contributed by atoms with Gasteiger partial charge in [0.15, 0.2) is 15.6 Å². The fraction of sp³-hybridized carbons (Fsp3) is 0.333. The number of hydrogen-bond donors (Lipinski definition) is 1. The highest BCUT2D eigenvalue weighted by atomic mass is 32.2. The van der Waals surface area contributed by atoms with Crippen molar-refractivity contribution in [1.29, 1.82) is 0 Å². The molecule has 3 aromatic rings. The molecule has 0 saturated carbocycles. The third-order valence-corrected chi connectivity index (χ3v) is 7.53. The first-order valence-electron chi connectivity index (χ1n) is 9.35. The Hall–Kier alpha value is -2.91. The number of aryl methyl sites for hydroxylation is 2. The average molecular weight is 429 g/mol. The molecule has 1 heterocycles. The molecule has 1 atom stereocenters. The lowest BCUT2D eigenvalue weighted by Crippen LogP contribution is -2.46. The van der Waals surface area contributed by atoms with Crippen molar-refractivity contribution < 1.29 is 18.3 Å². The van der Waals surface area contributed by atoms with Gasteiger partial charge in [0.1, 0.15) is 16.9 Å². The zero-order chi connectivity index (χ0) is 22.1. The molecule has 8 nitrogen and oxygen atoms in total. The summed E-state index contributed by atoms with van der Waals surface area (Å²) in [6, 6.07) is 13.2. The normalized spacial score (nSPS) is 13.9. The molecule has 0 bridgehead atoms. The summed E-state index contributed by atoms with van der Waals surface area (Å²) in [4.78, 5) is 24.8. The van der Waals surface area contributed by atoms with Crippen LogP contribution < -0.4 is 5.56 Å². The molecule has 0 spiro atoms. The van der Waals surface area contributed by atoms with Gasteiger partial charge in [0.25, 0.3) is 5.56 Å². The number of benzene rings is 2. The van der Waals surface area contributed by atoms with Crippen LogP contribution in [0, 0.1) is 6.92 Å². The minimum Gasteiger partial charge on any atom is -0.389 e. The van der Waals surface area contributed by atoms with Gasteiger partial charge in [0, 0.05) is 12.8 Å². The smallest absolute Gasteiger partial charge is 0.277 e. The van der Waals surface area contributed by atoms with Gasteiger partial charge < -0.3 is 5.11 Å². The summed E-state index contributed by atoms with van der Waals surface area (Å²) in [5, 5.41) is 17.5. The highest BCUT2D eigenvalue weighted by molar-refractivity contribution is 7.92. The fourth-order valence-corrected chi connectivity index (χ4v) is 4.11. The Morgan fingerprint density at radius 3 is 2.37 bits per heavy atom. The van der Waals surface area contributed by atoms with E-state index in [1.807, 2.05) is 37.3 Å². The Balaban J connectivity index is 1.94. The van der Waals surface area contributed by atoms with Gasteiger partial charge in [-0.2, -0.15) is 0 Å². The number of aliphatic hydroxyl groups is 1. The van der Waals surface area contributed by atoms with Crippen molar-refractivity contribution >= 4 is 26.5 Å². The minimum absolute atomic E-state index is 0.128. The Morgan fingerprint density at radius 1 is 1.13 bits per heavy atom. The van der Waals surface area contributed by atoms with Crippen LogP contribution in [0.2, 0.25) is 0 Å². The molecule has 9 heteroatoms. The van der Waals surface area contributed by atoms with Gasteiger partial charge in [-0.1, -0.05) is 41.1 Å². The molecule has 0 aliphatic carbocycles. The van der Waals surface area contributed by atoms with Crippen LogP contribution in [0.4, 0.5) is 0 Å². The van der Waals surface area contributed by atoms with Gasteiger partial charge >= 0.3 is 0 Å². The van der Waals surface area contributed by atoms with Crippen molar-refractivity contribution in [2.75, 3.05) is 12.9 Å². The van der Waals surface area contributed by atoms with Gasteiger partial charge in [0.05, 0.1) is 5.39 Å². The summed E-state index contributed by atoms with van der Waals surface area (Å²) < 4.78 is 23.5. The van der Waals surface area contributed by atoms with Crippen molar-refractivity contribution in [2.45, 2.75) is 31.6 Å². The molecule has 30 heavy (non-hydrogen) atoms. The SMILES string of the molecule is Cc1ccc(-c2ccc3c(=O)n(CC[C@](C)(C(=O)CO)S(C)(=O)=O)nnc3c2)cc1. The maximum Gasteiger partial charge on any atom is 0.277 e.